The molecule has 1 N–H and O–H groups in total. The minimum Gasteiger partial charge on any atom is -0.457 e. The van der Waals surface area contributed by atoms with Crippen LogP contribution < -0.4 is 5.32 Å². The maximum Gasteiger partial charge on any atom is 0.307 e. The van der Waals surface area contributed by atoms with Crippen molar-refractivity contribution in [2.45, 2.75) is 18.9 Å². The maximum atomic E-state index is 13.1. The predicted molar refractivity (Wildman–Crippen MR) is 91.5 cm³/mol. The highest BCUT2D eigenvalue weighted by Gasteiger charge is 2.40. The van der Waals surface area contributed by atoms with Gasteiger partial charge < -0.3 is 10.1 Å². The molecule has 3 rings (SSSR count). The van der Waals surface area contributed by atoms with Crippen LogP contribution in [0.2, 0.25) is 5.02 Å². The van der Waals surface area contributed by atoms with E-state index in [4.69, 9.17) is 16.3 Å². The Balaban J connectivity index is 1.60. The van der Waals surface area contributed by atoms with E-state index in [0.717, 1.165) is 5.56 Å². The Kier molecular flexibility index (Phi) is 5.34. The first-order valence-corrected chi connectivity index (χ1v) is 8.38. The summed E-state index contributed by atoms with van der Waals surface area (Å²) >= 11 is 5.84. The molecule has 1 fully saturated rings. The molecule has 1 amide bonds. The fourth-order valence-electron chi connectivity index (χ4n) is 2.85. The summed E-state index contributed by atoms with van der Waals surface area (Å²) < 4.78 is 18.3. The molecule has 0 aliphatic carbocycles. The topological polar surface area (TPSA) is 55.4 Å². The van der Waals surface area contributed by atoms with Crippen LogP contribution in [0.4, 0.5) is 4.39 Å². The number of esters is 1. The van der Waals surface area contributed by atoms with Gasteiger partial charge in [-0.05, 0) is 41.8 Å². The predicted octanol–water partition coefficient (Wildman–Crippen LogP) is 3.44. The molecule has 0 spiro atoms. The summed E-state index contributed by atoms with van der Waals surface area (Å²) in [6, 6.07) is 13.0. The molecule has 0 radical (unpaired) electrons. The highest BCUT2D eigenvalue weighted by molar-refractivity contribution is 6.30. The molecule has 0 aromatic heterocycles. The Hall–Kier alpha value is -2.40. The average molecular weight is 362 g/mol. The molecule has 130 valence electrons. The van der Waals surface area contributed by atoms with Crippen molar-refractivity contribution in [1.29, 1.82) is 0 Å². The van der Waals surface area contributed by atoms with E-state index in [0.29, 0.717) is 23.6 Å². The zero-order valence-electron chi connectivity index (χ0n) is 13.4. The largest absolute Gasteiger partial charge is 0.457 e. The third-order valence-corrected chi connectivity index (χ3v) is 4.42. The van der Waals surface area contributed by atoms with E-state index in [1.165, 1.54) is 24.3 Å². The molecule has 25 heavy (non-hydrogen) atoms. The Morgan fingerprint density at radius 1 is 1.16 bits per heavy atom. The van der Waals surface area contributed by atoms with Gasteiger partial charge in [-0.1, -0.05) is 35.9 Å². The van der Waals surface area contributed by atoms with Gasteiger partial charge in [0, 0.05) is 11.6 Å². The third kappa shape index (κ3) is 4.37. The molecule has 2 aromatic rings. The Labute approximate surface area is 149 Å². The van der Waals surface area contributed by atoms with Gasteiger partial charge in [0.2, 0.25) is 5.91 Å². The number of hydrogen-bond donors (Lipinski definition) is 1. The van der Waals surface area contributed by atoms with Gasteiger partial charge in [0.15, 0.2) is 0 Å². The fraction of sp³-hybridized carbons (Fsp3) is 0.263. The molecule has 1 saturated heterocycles. The summed E-state index contributed by atoms with van der Waals surface area (Å²) in [6.07, 6.45) is 0.00383. The van der Waals surface area contributed by atoms with Crippen molar-refractivity contribution in [3.63, 3.8) is 0 Å². The van der Waals surface area contributed by atoms with E-state index in [1.807, 2.05) is 12.1 Å². The first kappa shape index (κ1) is 17.4. The Morgan fingerprint density at radius 2 is 1.84 bits per heavy atom. The number of nitrogens with one attached hydrogen (secondary N) is 1. The molecule has 0 saturated carbocycles. The highest BCUT2D eigenvalue weighted by atomic mass is 35.5. The quantitative estimate of drug-likeness (QED) is 0.830. The molecular weight excluding hydrogens is 345 g/mol. The van der Waals surface area contributed by atoms with Crippen LogP contribution in [0.25, 0.3) is 0 Å². The Morgan fingerprint density at radius 3 is 2.52 bits per heavy atom. The summed E-state index contributed by atoms with van der Waals surface area (Å²) in [4.78, 5) is 24.1. The van der Waals surface area contributed by atoms with Gasteiger partial charge in [0.1, 0.15) is 11.9 Å². The van der Waals surface area contributed by atoms with Gasteiger partial charge >= 0.3 is 5.97 Å². The van der Waals surface area contributed by atoms with Crippen LogP contribution in [-0.2, 0) is 20.7 Å². The van der Waals surface area contributed by atoms with Crippen LogP contribution in [-0.4, -0.2) is 18.4 Å². The zero-order valence-corrected chi connectivity index (χ0v) is 14.1. The van der Waals surface area contributed by atoms with Gasteiger partial charge in [-0.25, -0.2) is 4.39 Å². The van der Waals surface area contributed by atoms with Crippen molar-refractivity contribution in [2.75, 3.05) is 6.54 Å². The average Bonchev–Trinajstić information content (AvgIpc) is 2.99. The second-order valence-electron chi connectivity index (χ2n) is 5.94. The summed E-state index contributed by atoms with van der Waals surface area (Å²) in [5, 5.41) is 3.50. The molecule has 4 nitrogen and oxygen atoms in total. The van der Waals surface area contributed by atoms with Gasteiger partial charge in [-0.2, -0.15) is 0 Å². The summed E-state index contributed by atoms with van der Waals surface area (Å²) in [7, 11) is 0. The number of amides is 1. The molecule has 2 atom stereocenters. The van der Waals surface area contributed by atoms with Crippen molar-refractivity contribution in [1.82, 2.24) is 5.32 Å². The van der Waals surface area contributed by atoms with Crippen LogP contribution in [0.1, 0.15) is 23.7 Å². The van der Waals surface area contributed by atoms with E-state index in [2.05, 4.69) is 5.32 Å². The molecule has 1 aliphatic rings. The van der Waals surface area contributed by atoms with Gasteiger partial charge in [0.25, 0.3) is 0 Å². The lowest BCUT2D eigenvalue weighted by Gasteiger charge is -2.17. The van der Waals surface area contributed by atoms with E-state index >= 15 is 0 Å². The molecule has 0 bridgehead atoms. The minimum absolute atomic E-state index is 0.0226. The number of carbonyl (C=O) groups is 2. The van der Waals surface area contributed by atoms with E-state index < -0.39 is 18.0 Å². The molecule has 1 aliphatic heterocycles. The highest BCUT2D eigenvalue weighted by Crippen LogP contribution is 2.35. The number of halogens is 2. The summed E-state index contributed by atoms with van der Waals surface area (Å²) in [6.45, 7) is 0.446. The van der Waals surface area contributed by atoms with E-state index in [1.54, 1.807) is 12.1 Å². The van der Waals surface area contributed by atoms with Crippen molar-refractivity contribution >= 4 is 23.5 Å². The van der Waals surface area contributed by atoms with Crippen molar-refractivity contribution in [3.05, 3.63) is 70.5 Å². The lowest BCUT2D eigenvalue weighted by atomic mass is 9.94. The standard InChI is InChI=1S/C19H17ClFNO3/c20-14-5-1-12(2-6-14)9-10-22-19(24)16-11-17(23)25-18(16)13-3-7-15(21)8-4-13/h1-8,16,18H,9-11H2,(H,22,24)/t16-,18+/m0/s1. The lowest BCUT2D eigenvalue weighted by Crippen LogP contribution is -2.33. The minimum atomic E-state index is -0.677. The van der Waals surface area contributed by atoms with Crippen molar-refractivity contribution < 1.29 is 18.7 Å². The number of carbonyl (C=O) groups excluding carboxylic acids is 2. The van der Waals surface area contributed by atoms with E-state index in [9.17, 15) is 14.0 Å². The molecule has 6 heteroatoms. The molecule has 2 aromatic carbocycles. The van der Waals surface area contributed by atoms with E-state index in [-0.39, 0.29) is 18.1 Å². The lowest BCUT2D eigenvalue weighted by molar-refractivity contribution is -0.141. The second-order valence-corrected chi connectivity index (χ2v) is 6.38. The second kappa shape index (κ2) is 7.66. The number of benzene rings is 2. The van der Waals surface area contributed by atoms with Crippen LogP contribution in [0, 0.1) is 11.7 Å². The van der Waals surface area contributed by atoms with Gasteiger partial charge in [-0.15, -0.1) is 0 Å². The fourth-order valence-corrected chi connectivity index (χ4v) is 2.98. The SMILES string of the molecule is O=C1C[C@H](C(=O)NCCc2ccc(Cl)cc2)[C@@H](c2ccc(F)cc2)O1. The molecular formula is C19H17ClFNO3. The number of rotatable bonds is 5. The number of ether oxygens (including phenoxy) is 1. The third-order valence-electron chi connectivity index (χ3n) is 4.17. The van der Waals surface area contributed by atoms with Gasteiger partial charge in [0.05, 0.1) is 12.3 Å². The Bertz CT molecular complexity index is 761. The monoisotopic (exact) mass is 361 g/mol. The smallest absolute Gasteiger partial charge is 0.307 e. The van der Waals surface area contributed by atoms with Crippen molar-refractivity contribution in [3.8, 4) is 0 Å². The van der Waals surface area contributed by atoms with Crippen molar-refractivity contribution in [2.24, 2.45) is 5.92 Å². The maximum absolute atomic E-state index is 13.1. The normalized spacial score (nSPS) is 19.5. The number of cyclic esters (lactones) is 1. The first-order valence-electron chi connectivity index (χ1n) is 8.00. The number of hydrogen-bond acceptors (Lipinski definition) is 3. The summed E-state index contributed by atoms with van der Waals surface area (Å²) in [5.74, 6) is -1.65. The molecule has 0 unspecified atom stereocenters. The molecule has 1 heterocycles. The first-order chi connectivity index (χ1) is 12.0. The van der Waals surface area contributed by atoms with Gasteiger partial charge in [-0.3, -0.25) is 9.59 Å². The van der Waals surface area contributed by atoms with Crippen LogP contribution in [0.5, 0.6) is 0 Å². The van der Waals surface area contributed by atoms with Crippen LogP contribution in [0.15, 0.2) is 48.5 Å². The zero-order chi connectivity index (χ0) is 17.8. The summed E-state index contributed by atoms with van der Waals surface area (Å²) in [5.41, 5.74) is 1.67. The van der Waals surface area contributed by atoms with Crippen LogP contribution in [0.3, 0.4) is 0 Å². The van der Waals surface area contributed by atoms with Crippen LogP contribution >= 0.6 is 11.6 Å².